The van der Waals surface area contributed by atoms with E-state index in [1.165, 1.54) is 0 Å². The maximum Gasteiger partial charge on any atom is 0.337 e. The van der Waals surface area contributed by atoms with Gasteiger partial charge in [0.25, 0.3) is 0 Å². The molecule has 2 atom stereocenters. The largest absolute Gasteiger partial charge is 0.478 e. The van der Waals surface area contributed by atoms with Crippen LogP contribution in [0.1, 0.15) is 42.5 Å². The van der Waals surface area contributed by atoms with Crippen LogP contribution in [0, 0.1) is 0 Å². The van der Waals surface area contributed by atoms with E-state index in [1.54, 1.807) is 12.1 Å². The Bertz CT molecular complexity index is 662. The number of aromatic carboxylic acids is 1. The lowest BCUT2D eigenvalue weighted by atomic mass is 10.1. The number of carboxylic acid groups (broad SMARTS) is 1. The molecule has 5 heteroatoms. The van der Waals surface area contributed by atoms with Crippen molar-refractivity contribution in [3.05, 3.63) is 29.6 Å². The minimum absolute atomic E-state index is 0.0829. The molecule has 1 N–H and O–H groups in total. The van der Waals surface area contributed by atoms with Crippen molar-refractivity contribution in [1.82, 2.24) is 9.55 Å². The normalized spacial score (nSPS) is 22.5. The Balaban J connectivity index is 2.29. The molecule has 0 bridgehead atoms. The highest BCUT2D eigenvalue weighted by Crippen LogP contribution is 2.32. The molecule has 1 fully saturated rings. The summed E-state index contributed by atoms with van der Waals surface area (Å²) in [6, 6.07) is 5.42. The van der Waals surface area contributed by atoms with Crippen LogP contribution in [0.4, 0.5) is 0 Å². The topological polar surface area (TPSA) is 64.3 Å². The quantitative estimate of drug-likeness (QED) is 0.934. The monoisotopic (exact) mass is 274 g/mol. The van der Waals surface area contributed by atoms with Gasteiger partial charge in [-0.1, -0.05) is 13.0 Å². The smallest absolute Gasteiger partial charge is 0.337 e. The fourth-order valence-corrected chi connectivity index (χ4v) is 3.04. The number of ether oxygens (including phenoxy) is 1. The molecule has 1 aliphatic rings. The van der Waals surface area contributed by atoms with Gasteiger partial charge in [0.2, 0.25) is 0 Å². The first-order valence-corrected chi connectivity index (χ1v) is 6.98. The van der Waals surface area contributed by atoms with Gasteiger partial charge in [0, 0.05) is 13.0 Å². The van der Waals surface area contributed by atoms with Crippen molar-refractivity contribution in [3.8, 4) is 0 Å². The number of aromatic nitrogens is 2. The predicted molar refractivity (Wildman–Crippen MR) is 75.1 cm³/mol. The summed E-state index contributed by atoms with van der Waals surface area (Å²) in [5.41, 5.74) is 1.79. The van der Waals surface area contributed by atoms with Crippen LogP contribution in [0.5, 0.6) is 0 Å². The molecule has 20 heavy (non-hydrogen) atoms. The molecule has 0 amide bonds. The molecule has 3 rings (SSSR count). The lowest BCUT2D eigenvalue weighted by molar-refractivity contribution is 0.0698. The first-order chi connectivity index (χ1) is 9.63. The maximum absolute atomic E-state index is 11.5. The molecular formula is C15H18N2O3. The summed E-state index contributed by atoms with van der Waals surface area (Å²) in [7, 11) is 0. The number of para-hydroxylation sites is 1. The van der Waals surface area contributed by atoms with Gasteiger partial charge in [-0.15, -0.1) is 0 Å². The second-order valence-electron chi connectivity index (χ2n) is 5.16. The van der Waals surface area contributed by atoms with Gasteiger partial charge in [-0.25, -0.2) is 9.78 Å². The molecule has 0 spiro atoms. The Morgan fingerprint density at radius 3 is 2.95 bits per heavy atom. The molecule has 1 aliphatic heterocycles. The van der Waals surface area contributed by atoms with Crippen molar-refractivity contribution in [2.75, 3.05) is 6.61 Å². The first kappa shape index (κ1) is 13.1. The Labute approximate surface area is 117 Å². The highest BCUT2D eigenvalue weighted by molar-refractivity contribution is 6.01. The third kappa shape index (κ3) is 1.89. The van der Waals surface area contributed by atoms with E-state index >= 15 is 0 Å². The average Bonchev–Trinajstić information content (AvgIpc) is 3.00. The molecule has 2 unspecified atom stereocenters. The van der Waals surface area contributed by atoms with Gasteiger partial charge >= 0.3 is 5.97 Å². The highest BCUT2D eigenvalue weighted by atomic mass is 16.5. The number of fused-ring (bicyclic) bond motifs is 1. The summed E-state index contributed by atoms with van der Waals surface area (Å²) < 4.78 is 7.72. The van der Waals surface area contributed by atoms with Gasteiger partial charge < -0.3 is 14.4 Å². The van der Waals surface area contributed by atoms with Crippen LogP contribution in [0.15, 0.2) is 18.2 Å². The van der Waals surface area contributed by atoms with Crippen molar-refractivity contribution in [2.24, 2.45) is 0 Å². The number of nitrogens with zero attached hydrogens (tertiary/aromatic N) is 2. The van der Waals surface area contributed by atoms with Gasteiger partial charge in [-0.05, 0) is 25.5 Å². The third-order valence-corrected chi connectivity index (χ3v) is 4.00. The van der Waals surface area contributed by atoms with Gasteiger partial charge in [-0.3, -0.25) is 0 Å². The standard InChI is InChI=1S/C15H18N2O3/c1-3-13-16-11-6-4-5-10(15(18)19)14(11)17(13)12-7-8-20-9(12)2/h4-6,9,12H,3,7-8H2,1-2H3,(H,18,19). The predicted octanol–water partition coefficient (Wildman–Crippen LogP) is 2.65. The van der Waals surface area contributed by atoms with Crippen molar-refractivity contribution in [3.63, 3.8) is 0 Å². The Morgan fingerprint density at radius 1 is 1.55 bits per heavy atom. The van der Waals surface area contributed by atoms with Crippen LogP contribution in [-0.2, 0) is 11.2 Å². The Hall–Kier alpha value is -1.88. The molecule has 1 aromatic heterocycles. The molecular weight excluding hydrogens is 256 g/mol. The number of imidazole rings is 1. The van der Waals surface area contributed by atoms with Gasteiger partial charge in [0.05, 0.1) is 28.7 Å². The molecule has 1 saturated heterocycles. The molecule has 0 saturated carbocycles. The summed E-state index contributed by atoms with van der Waals surface area (Å²) in [4.78, 5) is 16.1. The zero-order valence-corrected chi connectivity index (χ0v) is 11.7. The van der Waals surface area contributed by atoms with Crippen LogP contribution < -0.4 is 0 Å². The van der Waals surface area contributed by atoms with Gasteiger partial charge in [-0.2, -0.15) is 0 Å². The summed E-state index contributed by atoms with van der Waals surface area (Å²) in [5.74, 6) is 0.0158. The van der Waals surface area contributed by atoms with Crippen molar-refractivity contribution in [1.29, 1.82) is 0 Å². The van der Waals surface area contributed by atoms with Crippen LogP contribution in [0.2, 0.25) is 0 Å². The van der Waals surface area contributed by atoms with Crippen LogP contribution >= 0.6 is 0 Å². The Kier molecular flexibility index (Phi) is 3.22. The third-order valence-electron chi connectivity index (χ3n) is 4.00. The Morgan fingerprint density at radius 2 is 2.35 bits per heavy atom. The van der Waals surface area contributed by atoms with E-state index in [0.29, 0.717) is 12.2 Å². The second kappa shape index (κ2) is 4.90. The molecule has 1 aromatic carbocycles. The lowest BCUT2D eigenvalue weighted by Crippen LogP contribution is -2.19. The lowest BCUT2D eigenvalue weighted by Gasteiger charge is -2.20. The van der Waals surface area contributed by atoms with E-state index in [4.69, 9.17) is 4.74 Å². The molecule has 0 aliphatic carbocycles. The minimum atomic E-state index is -0.911. The molecule has 2 aromatic rings. The van der Waals surface area contributed by atoms with E-state index in [-0.39, 0.29) is 12.1 Å². The zero-order valence-electron chi connectivity index (χ0n) is 11.7. The number of hydrogen-bond donors (Lipinski definition) is 1. The first-order valence-electron chi connectivity index (χ1n) is 6.98. The number of hydrogen-bond acceptors (Lipinski definition) is 3. The van der Waals surface area contributed by atoms with Crippen LogP contribution in [-0.4, -0.2) is 33.3 Å². The SMILES string of the molecule is CCc1nc2cccc(C(=O)O)c2n1C1CCOC1C. The summed E-state index contributed by atoms with van der Waals surface area (Å²) >= 11 is 0. The van der Waals surface area contributed by atoms with E-state index < -0.39 is 5.97 Å². The number of benzene rings is 1. The fraction of sp³-hybridized carbons (Fsp3) is 0.467. The molecule has 0 radical (unpaired) electrons. The van der Waals surface area contributed by atoms with E-state index in [9.17, 15) is 9.90 Å². The van der Waals surface area contributed by atoms with E-state index in [2.05, 4.69) is 9.55 Å². The second-order valence-corrected chi connectivity index (χ2v) is 5.16. The van der Waals surface area contributed by atoms with Crippen molar-refractivity contribution >= 4 is 17.0 Å². The maximum atomic E-state index is 11.5. The number of rotatable bonds is 3. The van der Waals surface area contributed by atoms with Gasteiger partial charge in [0.1, 0.15) is 5.82 Å². The van der Waals surface area contributed by atoms with E-state index in [1.807, 2.05) is 19.9 Å². The summed E-state index contributed by atoms with van der Waals surface area (Å²) in [6.07, 6.45) is 1.75. The fourth-order valence-electron chi connectivity index (χ4n) is 3.04. The summed E-state index contributed by atoms with van der Waals surface area (Å²) in [5, 5.41) is 9.43. The zero-order chi connectivity index (χ0) is 14.3. The van der Waals surface area contributed by atoms with Crippen molar-refractivity contribution < 1.29 is 14.6 Å². The van der Waals surface area contributed by atoms with Crippen LogP contribution in [0.25, 0.3) is 11.0 Å². The average molecular weight is 274 g/mol. The molecule has 106 valence electrons. The van der Waals surface area contributed by atoms with E-state index in [0.717, 1.165) is 29.7 Å². The number of carboxylic acids is 1. The minimum Gasteiger partial charge on any atom is -0.478 e. The van der Waals surface area contributed by atoms with Crippen molar-refractivity contribution in [2.45, 2.75) is 38.8 Å². The number of carbonyl (C=O) groups is 1. The molecule has 2 heterocycles. The highest BCUT2D eigenvalue weighted by Gasteiger charge is 2.30. The van der Waals surface area contributed by atoms with Gasteiger partial charge in [0.15, 0.2) is 0 Å². The summed E-state index contributed by atoms with van der Waals surface area (Å²) in [6.45, 7) is 4.79. The number of aryl methyl sites for hydroxylation is 1. The molecule has 5 nitrogen and oxygen atoms in total. The van der Waals surface area contributed by atoms with Crippen LogP contribution in [0.3, 0.4) is 0 Å².